The highest BCUT2D eigenvalue weighted by molar-refractivity contribution is 6.14. The molecule has 3 rings (SSSR count). The molecule has 1 aliphatic heterocycles. The molecule has 0 saturated carbocycles. The number of aliphatic hydroxyl groups is 1. The summed E-state index contributed by atoms with van der Waals surface area (Å²) in [4.78, 5) is 29.7. The standard InChI is InChI=1S/C25H30N2O6/c1-5-32-20-12-9-17(16-21(20)31-4)23-22(19(28)11-10-18-8-6-15-33-18)24(29)25(30)27(23)14-7-13-26(2)3/h6,8-12,15-16,23,29H,5,7,13-14H2,1-4H3/b11-10+. The zero-order valence-electron chi connectivity index (χ0n) is 19.4. The van der Waals surface area contributed by atoms with E-state index in [0.717, 1.165) is 6.54 Å². The first-order valence-corrected chi connectivity index (χ1v) is 10.8. The van der Waals surface area contributed by atoms with Gasteiger partial charge in [0, 0.05) is 6.54 Å². The summed E-state index contributed by atoms with van der Waals surface area (Å²) in [6.07, 6.45) is 5.00. The van der Waals surface area contributed by atoms with Gasteiger partial charge in [0.25, 0.3) is 5.91 Å². The number of allylic oxidation sites excluding steroid dienone is 1. The second-order valence-corrected chi connectivity index (χ2v) is 7.88. The number of carbonyl (C=O) groups excluding carboxylic acids is 2. The highest BCUT2D eigenvalue weighted by atomic mass is 16.5. The lowest BCUT2D eigenvalue weighted by Gasteiger charge is -2.27. The fraction of sp³-hybridized carbons (Fsp3) is 0.360. The molecule has 0 bridgehead atoms. The fourth-order valence-corrected chi connectivity index (χ4v) is 3.80. The lowest BCUT2D eigenvalue weighted by atomic mass is 9.95. The minimum atomic E-state index is -0.752. The Bertz CT molecular complexity index is 1040. The molecule has 1 N–H and O–H groups in total. The Hall–Kier alpha value is -3.52. The molecule has 0 radical (unpaired) electrons. The maximum Gasteiger partial charge on any atom is 0.290 e. The number of furan rings is 1. The van der Waals surface area contributed by atoms with Crippen LogP contribution in [0.3, 0.4) is 0 Å². The van der Waals surface area contributed by atoms with Gasteiger partial charge in [0.05, 0.1) is 31.6 Å². The van der Waals surface area contributed by atoms with E-state index >= 15 is 0 Å². The molecule has 1 aromatic carbocycles. The highest BCUT2D eigenvalue weighted by Crippen LogP contribution is 2.41. The predicted molar refractivity (Wildman–Crippen MR) is 124 cm³/mol. The summed E-state index contributed by atoms with van der Waals surface area (Å²) in [6, 6.07) is 7.94. The second-order valence-electron chi connectivity index (χ2n) is 7.88. The van der Waals surface area contributed by atoms with E-state index in [0.29, 0.717) is 42.4 Å². The van der Waals surface area contributed by atoms with Crippen molar-refractivity contribution in [3.8, 4) is 11.5 Å². The Balaban J connectivity index is 2.00. The van der Waals surface area contributed by atoms with Crippen LogP contribution in [0.1, 0.15) is 30.7 Å². The molecular formula is C25H30N2O6. The Morgan fingerprint density at radius 1 is 1.27 bits per heavy atom. The van der Waals surface area contributed by atoms with Gasteiger partial charge in [-0.25, -0.2) is 0 Å². The van der Waals surface area contributed by atoms with Crippen molar-refractivity contribution in [3.05, 3.63) is 65.3 Å². The minimum absolute atomic E-state index is 0.0267. The number of hydrogen-bond acceptors (Lipinski definition) is 7. The number of methoxy groups -OCH3 is 1. The fourth-order valence-electron chi connectivity index (χ4n) is 3.80. The first-order valence-electron chi connectivity index (χ1n) is 10.8. The number of ether oxygens (including phenoxy) is 2. The molecular weight excluding hydrogens is 424 g/mol. The van der Waals surface area contributed by atoms with Crippen LogP contribution in [0.5, 0.6) is 11.5 Å². The number of nitrogens with zero attached hydrogens (tertiary/aromatic N) is 2. The molecule has 0 aliphatic carbocycles. The summed E-state index contributed by atoms with van der Waals surface area (Å²) in [5.41, 5.74) is 0.672. The number of amides is 1. The molecule has 0 saturated heterocycles. The van der Waals surface area contributed by atoms with Crippen LogP contribution in [-0.2, 0) is 9.59 Å². The number of rotatable bonds is 11. The normalized spacial score (nSPS) is 16.3. The van der Waals surface area contributed by atoms with Crippen LogP contribution >= 0.6 is 0 Å². The van der Waals surface area contributed by atoms with E-state index in [9.17, 15) is 14.7 Å². The number of ketones is 1. The van der Waals surface area contributed by atoms with E-state index in [1.807, 2.05) is 25.9 Å². The molecule has 1 aliphatic rings. The van der Waals surface area contributed by atoms with Crippen molar-refractivity contribution in [2.45, 2.75) is 19.4 Å². The van der Waals surface area contributed by atoms with Crippen molar-refractivity contribution in [2.24, 2.45) is 0 Å². The van der Waals surface area contributed by atoms with Crippen LogP contribution in [0.25, 0.3) is 6.08 Å². The lowest BCUT2D eigenvalue weighted by molar-refractivity contribution is -0.129. The first-order chi connectivity index (χ1) is 15.9. The number of aliphatic hydroxyl groups excluding tert-OH is 1. The van der Waals surface area contributed by atoms with Gasteiger partial charge in [0.1, 0.15) is 5.76 Å². The van der Waals surface area contributed by atoms with Crippen LogP contribution < -0.4 is 9.47 Å². The molecule has 8 nitrogen and oxygen atoms in total. The molecule has 0 fully saturated rings. The average molecular weight is 455 g/mol. The van der Waals surface area contributed by atoms with Gasteiger partial charge in [-0.05, 0) is 76.0 Å². The summed E-state index contributed by atoms with van der Waals surface area (Å²) >= 11 is 0. The van der Waals surface area contributed by atoms with Crippen LogP contribution in [0, 0.1) is 0 Å². The van der Waals surface area contributed by atoms with Gasteiger partial charge in [-0.15, -0.1) is 0 Å². The third-order valence-electron chi connectivity index (χ3n) is 5.32. The van der Waals surface area contributed by atoms with Gasteiger partial charge in [0.2, 0.25) is 0 Å². The molecule has 0 spiro atoms. The van der Waals surface area contributed by atoms with Gasteiger partial charge in [0.15, 0.2) is 23.0 Å². The number of benzene rings is 1. The van der Waals surface area contributed by atoms with Crippen molar-refractivity contribution < 1.29 is 28.6 Å². The zero-order valence-corrected chi connectivity index (χ0v) is 19.4. The molecule has 33 heavy (non-hydrogen) atoms. The van der Waals surface area contributed by atoms with E-state index in [1.54, 1.807) is 30.3 Å². The van der Waals surface area contributed by atoms with Crippen LogP contribution in [0.4, 0.5) is 0 Å². The molecule has 1 unspecified atom stereocenters. The van der Waals surface area contributed by atoms with Crippen molar-refractivity contribution in [2.75, 3.05) is 40.9 Å². The summed E-state index contributed by atoms with van der Waals surface area (Å²) < 4.78 is 16.3. The predicted octanol–water partition coefficient (Wildman–Crippen LogP) is 3.62. The summed E-state index contributed by atoms with van der Waals surface area (Å²) in [6.45, 7) is 3.47. The molecule has 176 valence electrons. The molecule has 1 aromatic heterocycles. The van der Waals surface area contributed by atoms with Crippen LogP contribution in [0.15, 0.2) is 58.4 Å². The Morgan fingerprint density at radius 3 is 2.70 bits per heavy atom. The second kappa shape index (κ2) is 10.9. The van der Waals surface area contributed by atoms with Crippen molar-refractivity contribution in [1.29, 1.82) is 0 Å². The lowest BCUT2D eigenvalue weighted by Crippen LogP contribution is -2.33. The third-order valence-corrected chi connectivity index (χ3v) is 5.32. The average Bonchev–Trinajstić information content (AvgIpc) is 3.40. The van der Waals surface area contributed by atoms with Gasteiger partial charge in [-0.2, -0.15) is 0 Å². The van der Waals surface area contributed by atoms with E-state index < -0.39 is 23.5 Å². The van der Waals surface area contributed by atoms with E-state index in [4.69, 9.17) is 13.9 Å². The van der Waals surface area contributed by atoms with E-state index in [1.165, 1.54) is 30.4 Å². The van der Waals surface area contributed by atoms with Gasteiger partial charge < -0.3 is 28.8 Å². The third kappa shape index (κ3) is 5.46. The molecule has 8 heteroatoms. The van der Waals surface area contributed by atoms with Crippen molar-refractivity contribution >= 4 is 17.8 Å². The Labute approximate surface area is 193 Å². The number of hydrogen-bond donors (Lipinski definition) is 1. The largest absolute Gasteiger partial charge is 0.503 e. The topological polar surface area (TPSA) is 92.5 Å². The molecule has 1 amide bonds. The first kappa shape index (κ1) is 24.1. The Morgan fingerprint density at radius 2 is 2.06 bits per heavy atom. The summed E-state index contributed by atoms with van der Waals surface area (Å²) in [5.74, 6) is -0.0290. The molecule has 2 aromatic rings. The highest BCUT2D eigenvalue weighted by Gasteiger charge is 2.42. The monoisotopic (exact) mass is 454 g/mol. The smallest absolute Gasteiger partial charge is 0.290 e. The van der Waals surface area contributed by atoms with Gasteiger partial charge >= 0.3 is 0 Å². The molecule has 2 heterocycles. The summed E-state index contributed by atoms with van der Waals surface area (Å²) in [7, 11) is 5.43. The minimum Gasteiger partial charge on any atom is -0.503 e. The Kier molecular flexibility index (Phi) is 7.95. The van der Waals surface area contributed by atoms with Crippen molar-refractivity contribution in [3.63, 3.8) is 0 Å². The number of carbonyl (C=O) groups is 2. The maximum atomic E-state index is 13.1. The quantitative estimate of drug-likeness (QED) is 0.519. The summed E-state index contributed by atoms with van der Waals surface area (Å²) in [5, 5.41) is 10.7. The van der Waals surface area contributed by atoms with Gasteiger partial charge in [-0.1, -0.05) is 6.07 Å². The van der Waals surface area contributed by atoms with Crippen LogP contribution in [0.2, 0.25) is 0 Å². The van der Waals surface area contributed by atoms with Crippen molar-refractivity contribution in [1.82, 2.24) is 9.80 Å². The van der Waals surface area contributed by atoms with Gasteiger partial charge in [-0.3, -0.25) is 9.59 Å². The molecule has 1 atom stereocenters. The van der Waals surface area contributed by atoms with E-state index in [2.05, 4.69) is 0 Å². The van der Waals surface area contributed by atoms with E-state index in [-0.39, 0.29) is 5.57 Å². The zero-order chi connectivity index (χ0) is 24.0. The van der Waals surface area contributed by atoms with Crippen LogP contribution in [-0.4, -0.2) is 67.5 Å². The SMILES string of the molecule is CCOc1ccc(C2C(C(=O)/C=C/c3ccco3)=C(O)C(=O)N2CCCN(C)C)cc1OC. The maximum absolute atomic E-state index is 13.1.